The van der Waals surface area contributed by atoms with Gasteiger partial charge >= 0.3 is 12.2 Å². The normalized spacial score (nSPS) is 10.9. The molecule has 10 heteroatoms. The van der Waals surface area contributed by atoms with E-state index in [-0.39, 0.29) is 5.69 Å². The van der Waals surface area contributed by atoms with Crippen LogP contribution in [0.1, 0.15) is 5.56 Å². The van der Waals surface area contributed by atoms with E-state index in [0.29, 0.717) is 17.2 Å². The number of ether oxygens (including phenoxy) is 1. The first kappa shape index (κ1) is 20.3. The summed E-state index contributed by atoms with van der Waals surface area (Å²) in [7, 11) is 0. The number of carbonyl (C=O) groups is 1. The molecular weight excluding hydrogens is 409 g/mol. The minimum atomic E-state index is -4.62. The van der Waals surface area contributed by atoms with Crippen LogP contribution in [0.3, 0.4) is 0 Å². The lowest BCUT2D eigenvalue weighted by atomic mass is 10.2. The van der Waals surface area contributed by atoms with Crippen LogP contribution in [0.5, 0.6) is 11.5 Å². The van der Waals surface area contributed by atoms with E-state index in [2.05, 4.69) is 21.2 Å². The summed E-state index contributed by atoms with van der Waals surface area (Å²) in [6, 6.07) is 12.4. The first-order valence-corrected chi connectivity index (χ1v) is 8.57. The Balaban J connectivity index is 1.54. The summed E-state index contributed by atoms with van der Waals surface area (Å²) in [6.07, 6.45) is -1.41. The SMILES string of the molecule is O=C(NNc1ccc(Oc2ccncc2)cc1)Nc1ccc(Cl)c(C(F)(F)F)c1. The Morgan fingerprint density at radius 2 is 1.55 bits per heavy atom. The van der Waals surface area contributed by atoms with Gasteiger partial charge in [-0.15, -0.1) is 0 Å². The molecule has 2 amide bonds. The van der Waals surface area contributed by atoms with Crippen LogP contribution in [0, 0.1) is 0 Å². The molecule has 0 spiro atoms. The molecule has 0 bridgehead atoms. The number of halogens is 4. The second kappa shape index (κ2) is 8.70. The first-order valence-electron chi connectivity index (χ1n) is 8.19. The van der Waals surface area contributed by atoms with E-state index in [0.717, 1.165) is 12.1 Å². The lowest BCUT2D eigenvalue weighted by molar-refractivity contribution is -0.137. The van der Waals surface area contributed by atoms with Gasteiger partial charge in [0.2, 0.25) is 0 Å². The van der Waals surface area contributed by atoms with Crippen LogP contribution in [0.15, 0.2) is 67.0 Å². The van der Waals surface area contributed by atoms with Crippen molar-refractivity contribution in [1.82, 2.24) is 10.4 Å². The highest BCUT2D eigenvalue weighted by Crippen LogP contribution is 2.36. The minimum absolute atomic E-state index is 0.0536. The maximum atomic E-state index is 12.9. The third kappa shape index (κ3) is 5.76. The summed E-state index contributed by atoms with van der Waals surface area (Å²) >= 11 is 5.55. The number of rotatable bonds is 5. The maximum Gasteiger partial charge on any atom is 0.417 e. The van der Waals surface area contributed by atoms with Gasteiger partial charge in [0.25, 0.3) is 0 Å². The van der Waals surface area contributed by atoms with Gasteiger partial charge in [0.1, 0.15) is 11.5 Å². The van der Waals surface area contributed by atoms with Crippen molar-refractivity contribution >= 4 is 29.0 Å². The van der Waals surface area contributed by atoms with Gasteiger partial charge in [-0.2, -0.15) is 13.2 Å². The average molecular weight is 423 g/mol. The van der Waals surface area contributed by atoms with Crippen LogP contribution >= 0.6 is 11.6 Å². The van der Waals surface area contributed by atoms with Gasteiger partial charge < -0.3 is 10.1 Å². The lowest BCUT2D eigenvalue weighted by Crippen LogP contribution is -2.33. The third-order valence-electron chi connectivity index (χ3n) is 3.59. The van der Waals surface area contributed by atoms with Gasteiger partial charge in [0.15, 0.2) is 0 Å². The molecule has 150 valence electrons. The molecule has 0 aliphatic heterocycles. The van der Waals surface area contributed by atoms with Crippen LogP contribution in [-0.2, 0) is 6.18 Å². The standard InChI is InChI=1S/C19H14ClF3N4O2/c20-17-6-3-13(11-16(17)19(21,22)23)25-18(28)27-26-12-1-4-14(5-2-12)29-15-7-9-24-10-8-15/h1-11,26H,(H2,25,27,28). The molecule has 0 atom stereocenters. The Morgan fingerprint density at radius 3 is 2.21 bits per heavy atom. The predicted octanol–water partition coefficient (Wildman–Crippen LogP) is 5.69. The molecule has 0 aliphatic rings. The van der Waals surface area contributed by atoms with Crippen LogP contribution in [0.25, 0.3) is 0 Å². The number of alkyl halides is 3. The number of hydrazine groups is 1. The fraction of sp³-hybridized carbons (Fsp3) is 0.0526. The summed E-state index contributed by atoms with van der Waals surface area (Å²) in [6.45, 7) is 0. The molecule has 2 aromatic carbocycles. The Bertz CT molecular complexity index is 983. The summed E-state index contributed by atoms with van der Waals surface area (Å²) in [5.41, 5.74) is 4.41. The van der Waals surface area contributed by atoms with Crippen molar-refractivity contribution in [3.05, 3.63) is 77.6 Å². The van der Waals surface area contributed by atoms with E-state index < -0.39 is 22.8 Å². The number of amides is 2. The van der Waals surface area contributed by atoms with E-state index in [1.807, 2.05) is 0 Å². The van der Waals surface area contributed by atoms with Crippen molar-refractivity contribution in [2.75, 3.05) is 10.7 Å². The van der Waals surface area contributed by atoms with Gasteiger partial charge in [-0.05, 0) is 54.6 Å². The lowest BCUT2D eigenvalue weighted by Gasteiger charge is -2.13. The van der Waals surface area contributed by atoms with Crippen LogP contribution in [0.2, 0.25) is 5.02 Å². The maximum absolute atomic E-state index is 12.9. The third-order valence-corrected chi connectivity index (χ3v) is 3.92. The van der Waals surface area contributed by atoms with E-state index in [9.17, 15) is 18.0 Å². The monoisotopic (exact) mass is 422 g/mol. The number of nitrogens with zero attached hydrogens (tertiary/aromatic N) is 1. The van der Waals surface area contributed by atoms with Crippen molar-refractivity contribution in [1.29, 1.82) is 0 Å². The Morgan fingerprint density at radius 1 is 0.931 bits per heavy atom. The molecule has 0 radical (unpaired) electrons. The number of anilines is 2. The second-order valence-electron chi connectivity index (χ2n) is 5.71. The van der Waals surface area contributed by atoms with Gasteiger partial charge in [-0.3, -0.25) is 15.8 Å². The molecule has 6 nitrogen and oxygen atoms in total. The van der Waals surface area contributed by atoms with E-state index in [1.54, 1.807) is 48.8 Å². The topological polar surface area (TPSA) is 75.3 Å². The number of benzene rings is 2. The molecule has 0 unspecified atom stereocenters. The van der Waals surface area contributed by atoms with E-state index in [1.165, 1.54) is 6.07 Å². The number of nitrogens with one attached hydrogen (secondary N) is 3. The molecule has 3 aromatic rings. The summed E-state index contributed by atoms with van der Waals surface area (Å²) < 4.78 is 44.2. The Kier molecular flexibility index (Phi) is 6.08. The average Bonchev–Trinajstić information content (AvgIpc) is 2.69. The first-order chi connectivity index (χ1) is 13.8. The van der Waals surface area contributed by atoms with Crippen molar-refractivity contribution in [2.24, 2.45) is 0 Å². The Labute approximate surface area is 168 Å². The highest BCUT2D eigenvalue weighted by molar-refractivity contribution is 6.31. The number of carbonyl (C=O) groups excluding carboxylic acids is 1. The fourth-order valence-corrected chi connectivity index (χ4v) is 2.48. The van der Waals surface area contributed by atoms with Crippen LogP contribution in [0.4, 0.5) is 29.3 Å². The zero-order valence-electron chi connectivity index (χ0n) is 14.6. The highest BCUT2D eigenvalue weighted by atomic mass is 35.5. The van der Waals surface area contributed by atoms with Crippen molar-refractivity contribution in [3.8, 4) is 11.5 Å². The van der Waals surface area contributed by atoms with Gasteiger partial charge in [-0.25, -0.2) is 4.79 Å². The largest absolute Gasteiger partial charge is 0.457 e. The number of urea groups is 1. The molecule has 0 aliphatic carbocycles. The predicted molar refractivity (Wildman–Crippen MR) is 103 cm³/mol. The highest BCUT2D eigenvalue weighted by Gasteiger charge is 2.33. The molecule has 29 heavy (non-hydrogen) atoms. The van der Waals surface area contributed by atoms with Gasteiger partial charge in [0.05, 0.1) is 16.3 Å². The van der Waals surface area contributed by atoms with Crippen LogP contribution in [-0.4, -0.2) is 11.0 Å². The number of hydrogen-bond acceptors (Lipinski definition) is 4. The zero-order valence-corrected chi connectivity index (χ0v) is 15.4. The van der Waals surface area contributed by atoms with Crippen LogP contribution < -0.4 is 20.9 Å². The quantitative estimate of drug-likeness (QED) is 0.461. The molecule has 0 saturated heterocycles. The fourth-order valence-electron chi connectivity index (χ4n) is 2.26. The molecule has 0 fully saturated rings. The Hall–Kier alpha value is -3.46. The van der Waals surface area contributed by atoms with Gasteiger partial charge in [-0.1, -0.05) is 11.6 Å². The molecule has 3 rings (SSSR count). The summed E-state index contributed by atoms with van der Waals surface area (Å²) in [5, 5.41) is 1.85. The van der Waals surface area contributed by atoms with Crippen molar-refractivity contribution < 1.29 is 22.7 Å². The zero-order chi connectivity index (χ0) is 20.9. The smallest absolute Gasteiger partial charge is 0.417 e. The molecule has 1 heterocycles. The van der Waals surface area contributed by atoms with Gasteiger partial charge in [0, 0.05) is 18.1 Å². The summed E-state index contributed by atoms with van der Waals surface area (Å²) in [5.74, 6) is 1.20. The summed E-state index contributed by atoms with van der Waals surface area (Å²) in [4.78, 5) is 15.8. The van der Waals surface area contributed by atoms with E-state index in [4.69, 9.17) is 16.3 Å². The molecular formula is C19H14ClF3N4O2. The molecule has 3 N–H and O–H groups in total. The minimum Gasteiger partial charge on any atom is -0.457 e. The molecule has 1 aromatic heterocycles. The van der Waals surface area contributed by atoms with Crippen molar-refractivity contribution in [2.45, 2.75) is 6.18 Å². The number of hydrogen-bond donors (Lipinski definition) is 3. The van der Waals surface area contributed by atoms with Crippen molar-refractivity contribution in [3.63, 3.8) is 0 Å². The van der Waals surface area contributed by atoms with E-state index >= 15 is 0 Å². The molecule has 0 saturated carbocycles. The second-order valence-corrected chi connectivity index (χ2v) is 6.11. The number of pyridine rings is 1. The number of aromatic nitrogens is 1.